The molecule has 0 saturated carbocycles. The first-order valence-corrected chi connectivity index (χ1v) is 7.24. The molecule has 2 aromatic carbocycles. The second-order valence-electron chi connectivity index (χ2n) is 5.03. The quantitative estimate of drug-likeness (QED) is 0.655. The molecular formula is C17H18N4. The average Bonchev–Trinajstić information content (AvgIpc) is 2.95. The van der Waals surface area contributed by atoms with Crippen LogP contribution in [0.25, 0.3) is 22.2 Å². The second-order valence-corrected chi connectivity index (χ2v) is 5.03. The molecule has 0 radical (unpaired) electrons. The molecule has 0 fully saturated rings. The smallest absolute Gasteiger partial charge is 0.113 e. The van der Waals surface area contributed by atoms with Crippen molar-refractivity contribution in [3.05, 3.63) is 47.0 Å². The Morgan fingerprint density at radius 2 is 1.62 bits per heavy atom. The first kappa shape index (κ1) is 13.5. The summed E-state index contributed by atoms with van der Waals surface area (Å²) in [4.78, 5) is 0. The van der Waals surface area contributed by atoms with Gasteiger partial charge >= 0.3 is 0 Å². The van der Waals surface area contributed by atoms with Gasteiger partial charge in [0.25, 0.3) is 0 Å². The summed E-state index contributed by atoms with van der Waals surface area (Å²) in [5.41, 5.74) is 8.04. The minimum Gasteiger partial charge on any atom is -0.304 e. The molecule has 4 rings (SSSR count). The lowest BCUT2D eigenvalue weighted by molar-refractivity contribution is 0.959. The van der Waals surface area contributed by atoms with E-state index < -0.39 is 0 Å². The maximum absolute atomic E-state index is 8.24. The summed E-state index contributed by atoms with van der Waals surface area (Å²) >= 11 is 0. The molecule has 1 aliphatic rings. The van der Waals surface area contributed by atoms with Crippen LogP contribution in [0.2, 0.25) is 0 Å². The van der Waals surface area contributed by atoms with Crippen molar-refractivity contribution < 1.29 is 0 Å². The van der Waals surface area contributed by atoms with E-state index in [1.807, 2.05) is 26.0 Å². The van der Waals surface area contributed by atoms with Gasteiger partial charge in [0.15, 0.2) is 0 Å². The van der Waals surface area contributed by atoms with Gasteiger partial charge < -0.3 is 5.41 Å². The molecule has 1 aromatic heterocycles. The zero-order valence-electron chi connectivity index (χ0n) is 12.5. The molecular weight excluding hydrogens is 260 g/mol. The maximum Gasteiger partial charge on any atom is 0.113 e. The molecule has 3 aromatic rings. The number of nitrogens with one attached hydrogen (secondary N) is 2. The van der Waals surface area contributed by atoms with Crippen LogP contribution >= 0.6 is 0 Å². The van der Waals surface area contributed by atoms with E-state index in [0.29, 0.717) is 12.1 Å². The molecule has 106 valence electrons. The molecule has 1 heterocycles. The van der Waals surface area contributed by atoms with Crippen LogP contribution in [0.1, 0.15) is 30.5 Å². The Balaban J connectivity index is 0.000000636. The highest BCUT2D eigenvalue weighted by Gasteiger charge is 2.21. The number of fused-ring (bicyclic) bond motifs is 4. The minimum atomic E-state index is 0.651. The van der Waals surface area contributed by atoms with Gasteiger partial charge in [-0.05, 0) is 35.7 Å². The molecule has 0 atom stereocenters. The van der Waals surface area contributed by atoms with E-state index in [1.54, 1.807) is 0 Å². The van der Waals surface area contributed by atoms with E-state index >= 15 is 0 Å². The number of aromatic amines is 1. The van der Waals surface area contributed by atoms with Crippen molar-refractivity contribution in [2.75, 3.05) is 0 Å². The summed E-state index contributed by atoms with van der Waals surface area (Å²) in [6.07, 6.45) is 0.688. The highest BCUT2D eigenvalue weighted by Crippen LogP contribution is 2.35. The Labute approximate surface area is 123 Å². The van der Waals surface area contributed by atoms with Gasteiger partial charge in [-0.3, -0.25) is 0 Å². The van der Waals surface area contributed by atoms with E-state index in [-0.39, 0.29) is 0 Å². The summed E-state index contributed by atoms with van der Waals surface area (Å²) < 4.78 is 0. The van der Waals surface area contributed by atoms with Gasteiger partial charge in [0.2, 0.25) is 0 Å². The second kappa shape index (κ2) is 5.13. The monoisotopic (exact) mass is 278 g/mol. The van der Waals surface area contributed by atoms with Crippen molar-refractivity contribution in [2.24, 2.45) is 0 Å². The van der Waals surface area contributed by atoms with Crippen LogP contribution in [-0.2, 0) is 6.42 Å². The molecule has 0 bridgehead atoms. The standard InChI is InChI=1S/C15H12N4.C2H6/c1-8-2-3-10-9(4-8)5-13(16)12-7-15-14(6-11(10)12)17-19-18-15;1-2/h2-4,6-7,16H,5H2,1H3,(H,17,18,19);1-2H3. The summed E-state index contributed by atoms with van der Waals surface area (Å²) in [5, 5.41) is 19.1. The van der Waals surface area contributed by atoms with Gasteiger partial charge in [-0.2, -0.15) is 15.4 Å². The third kappa shape index (κ3) is 2.13. The van der Waals surface area contributed by atoms with Crippen LogP contribution in [0, 0.1) is 12.3 Å². The lowest BCUT2D eigenvalue weighted by Gasteiger charge is -2.21. The van der Waals surface area contributed by atoms with E-state index in [1.165, 1.54) is 16.7 Å². The third-order valence-electron chi connectivity index (χ3n) is 3.70. The number of rotatable bonds is 0. The Hall–Kier alpha value is -2.49. The van der Waals surface area contributed by atoms with E-state index in [2.05, 4.69) is 40.5 Å². The highest BCUT2D eigenvalue weighted by molar-refractivity contribution is 6.11. The van der Waals surface area contributed by atoms with Crippen molar-refractivity contribution in [2.45, 2.75) is 27.2 Å². The van der Waals surface area contributed by atoms with E-state index in [4.69, 9.17) is 5.41 Å². The fourth-order valence-electron chi connectivity index (χ4n) is 2.78. The first-order chi connectivity index (χ1) is 10.2. The number of aryl methyl sites for hydroxylation is 1. The molecule has 4 nitrogen and oxygen atoms in total. The number of aromatic nitrogens is 3. The molecule has 0 spiro atoms. The number of nitrogens with zero attached hydrogens (tertiary/aromatic N) is 2. The number of benzene rings is 2. The van der Waals surface area contributed by atoms with Crippen LogP contribution in [0.3, 0.4) is 0 Å². The van der Waals surface area contributed by atoms with Gasteiger partial charge in [-0.15, -0.1) is 0 Å². The Kier molecular flexibility index (Phi) is 3.29. The van der Waals surface area contributed by atoms with Crippen LogP contribution < -0.4 is 0 Å². The Morgan fingerprint density at radius 1 is 0.952 bits per heavy atom. The maximum atomic E-state index is 8.24. The van der Waals surface area contributed by atoms with Crippen LogP contribution in [0.15, 0.2) is 30.3 Å². The Morgan fingerprint density at radius 3 is 2.33 bits per heavy atom. The molecule has 0 unspecified atom stereocenters. The highest BCUT2D eigenvalue weighted by atomic mass is 15.3. The number of hydrogen-bond donors (Lipinski definition) is 2. The zero-order chi connectivity index (χ0) is 15.0. The van der Waals surface area contributed by atoms with Gasteiger partial charge in [0.1, 0.15) is 11.0 Å². The SMILES string of the molecule is CC.Cc1ccc2c(c1)CC(=N)c1cc3n[nH]nc3cc1-2. The fraction of sp³-hybridized carbons (Fsp3) is 0.235. The summed E-state index contributed by atoms with van der Waals surface area (Å²) in [6.45, 7) is 6.08. The summed E-state index contributed by atoms with van der Waals surface area (Å²) in [5.74, 6) is 0. The average molecular weight is 278 g/mol. The Bertz CT molecular complexity index is 830. The minimum absolute atomic E-state index is 0.651. The third-order valence-corrected chi connectivity index (χ3v) is 3.70. The van der Waals surface area contributed by atoms with E-state index in [9.17, 15) is 0 Å². The lowest BCUT2D eigenvalue weighted by Crippen LogP contribution is -2.12. The van der Waals surface area contributed by atoms with Gasteiger partial charge in [-0.1, -0.05) is 37.6 Å². The predicted octanol–water partition coefficient (Wildman–Crippen LogP) is 3.88. The van der Waals surface area contributed by atoms with Gasteiger partial charge in [0.05, 0.1) is 0 Å². The van der Waals surface area contributed by atoms with Crippen LogP contribution in [0.4, 0.5) is 0 Å². The van der Waals surface area contributed by atoms with Gasteiger partial charge in [0, 0.05) is 17.7 Å². The fourth-order valence-corrected chi connectivity index (χ4v) is 2.78. The molecule has 2 N–H and O–H groups in total. The zero-order valence-corrected chi connectivity index (χ0v) is 12.5. The lowest BCUT2D eigenvalue weighted by atomic mass is 9.83. The summed E-state index contributed by atoms with van der Waals surface area (Å²) in [6, 6.07) is 10.4. The van der Waals surface area contributed by atoms with Gasteiger partial charge in [-0.25, -0.2) is 0 Å². The molecule has 0 saturated heterocycles. The normalized spacial score (nSPS) is 12.4. The largest absolute Gasteiger partial charge is 0.304 e. The van der Waals surface area contributed by atoms with Crippen LogP contribution in [-0.4, -0.2) is 21.1 Å². The molecule has 1 aliphatic carbocycles. The van der Waals surface area contributed by atoms with Crippen LogP contribution in [0.5, 0.6) is 0 Å². The molecule has 0 amide bonds. The van der Waals surface area contributed by atoms with E-state index in [0.717, 1.165) is 22.2 Å². The molecule has 0 aliphatic heterocycles. The number of H-pyrrole nitrogens is 1. The van der Waals surface area contributed by atoms with Crippen molar-refractivity contribution >= 4 is 16.7 Å². The molecule has 21 heavy (non-hydrogen) atoms. The summed E-state index contributed by atoms with van der Waals surface area (Å²) in [7, 11) is 0. The van der Waals surface area contributed by atoms with Crippen molar-refractivity contribution in [1.82, 2.24) is 15.4 Å². The topological polar surface area (TPSA) is 65.4 Å². The predicted molar refractivity (Wildman–Crippen MR) is 85.9 cm³/mol. The molecule has 4 heteroatoms. The van der Waals surface area contributed by atoms with Crippen molar-refractivity contribution in [3.63, 3.8) is 0 Å². The van der Waals surface area contributed by atoms with Crippen molar-refractivity contribution in [1.29, 1.82) is 5.41 Å². The first-order valence-electron chi connectivity index (χ1n) is 7.24. The van der Waals surface area contributed by atoms with Crippen molar-refractivity contribution in [3.8, 4) is 11.1 Å². The number of hydrogen-bond acceptors (Lipinski definition) is 3.